The van der Waals surface area contributed by atoms with E-state index in [0.29, 0.717) is 35.6 Å². The number of nitrogens with zero attached hydrogens (tertiary/aromatic N) is 7. The summed E-state index contributed by atoms with van der Waals surface area (Å²) in [6.07, 6.45) is 4.83. The van der Waals surface area contributed by atoms with Gasteiger partial charge in [-0.25, -0.2) is 13.9 Å². The normalized spacial score (nSPS) is 15.7. The van der Waals surface area contributed by atoms with Gasteiger partial charge < -0.3 is 15.5 Å². The third kappa shape index (κ3) is 3.50. The largest absolute Gasteiger partial charge is 0.382 e. The van der Waals surface area contributed by atoms with Gasteiger partial charge in [0.1, 0.15) is 23.2 Å². The van der Waals surface area contributed by atoms with Crippen molar-refractivity contribution in [2.24, 2.45) is 7.05 Å². The number of carbonyl (C=O) groups excluding carboxylic acids is 2. The van der Waals surface area contributed by atoms with E-state index in [4.69, 9.17) is 5.73 Å². The molecule has 3 aromatic heterocycles. The van der Waals surface area contributed by atoms with Crippen molar-refractivity contribution in [3.8, 4) is 22.4 Å². The van der Waals surface area contributed by atoms with Gasteiger partial charge in [0.25, 0.3) is 5.91 Å². The van der Waals surface area contributed by atoms with Crippen LogP contribution in [0.1, 0.15) is 20.8 Å². The minimum absolute atomic E-state index is 0.164. The summed E-state index contributed by atoms with van der Waals surface area (Å²) in [4.78, 5) is 32.6. The summed E-state index contributed by atoms with van der Waals surface area (Å²) in [7, 11) is 1.80. The maximum absolute atomic E-state index is 15.2. The summed E-state index contributed by atoms with van der Waals surface area (Å²) >= 11 is 0. The number of fused-ring (bicyclic) bond motifs is 1. The number of piperazine rings is 1. The molecule has 1 saturated heterocycles. The molecule has 0 aliphatic carbocycles. The molecule has 1 aliphatic rings. The number of nitrogens with two attached hydrogens (primary N) is 1. The number of nitrogen functional groups attached to an aromatic ring is 1. The van der Waals surface area contributed by atoms with E-state index in [-0.39, 0.29) is 23.2 Å². The van der Waals surface area contributed by atoms with Crippen molar-refractivity contribution < 1.29 is 14.0 Å². The molecular formula is C24H25FN8O2. The third-order valence-electron chi connectivity index (χ3n) is 6.51. The first-order valence-electron chi connectivity index (χ1n) is 11.1. The van der Waals surface area contributed by atoms with Crippen LogP contribution in [0.15, 0.2) is 43.0 Å². The highest BCUT2D eigenvalue weighted by Crippen LogP contribution is 2.37. The molecule has 0 spiro atoms. The first-order chi connectivity index (χ1) is 16.6. The predicted molar refractivity (Wildman–Crippen MR) is 129 cm³/mol. The van der Waals surface area contributed by atoms with E-state index in [2.05, 4.69) is 15.2 Å². The molecule has 5 rings (SSSR count). The summed E-state index contributed by atoms with van der Waals surface area (Å²) in [6, 6.07) is 6.31. The SMILES string of the molecule is CC(=O)N1CCN(c2ccc(F)c(-c3cc(-c4cnn(C)c4)c4c(N)ncnn34)c2)C(=O)C1(C)C. The van der Waals surface area contributed by atoms with Gasteiger partial charge in [0.2, 0.25) is 5.91 Å². The summed E-state index contributed by atoms with van der Waals surface area (Å²) < 4.78 is 18.4. The Bertz CT molecular complexity index is 1490. The minimum Gasteiger partial charge on any atom is -0.382 e. The molecule has 2 N–H and O–H groups in total. The number of anilines is 2. The zero-order chi connectivity index (χ0) is 25.1. The van der Waals surface area contributed by atoms with E-state index in [9.17, 15) is 9.59 Å². The second-order valence-electron chi connectivity index (χ2n) is 9.10. The Morgan fingerprint density at radius 2 is 1.91 bits per heavy atom. The smallest absolute Gasteiger partial charge is 0.252 e. The van der Waals surface area contributed by atoms with Crippen LogP contribution in [0.25, 0.3) is 27.9 Å². The Kier molecular flexibility index (Phi) is 5.08. The van der Waals surface area contributed by atoms with E-state index in [1.165, 1.54) is 19.3 Å². The maximum Gasteiger partial charge on any atom is 0.252 e. The van der Waals surface area contributed by atoms with Gasteiger partial charge in [-0.3, -0.25) is 14.3 Å². The number of aryl methyl sites for hydroxylation is 1. The lowest BCUT2D eigenvalue weighted by Crippen LogP contribution is -2.64. The highest BCUT2D eigenvalue weighted by molar-refractivity contribution is 6.03. The van der Waals surface area contributed by atoms with Gasteiger partial charge >= 0.3 is 0 Å². The van der Waals surface area contributed by atoms with Crippen molar-refractivity contribution in [2.75, 3.05) is 23.7 Å². The molecule has 10 nitrogen and oxygen atoms in total. The van der Waals surface area contributed by atoms with Crippen LogP contribution in [0, 0.1) is 5.82 Å². The predicted octanol–water partition coefficient (Wildman–Crippen LogP) is 2.49. The monoisotopic (exact) mass is 476 g/mol. The van der Waals surface area contributed by atoms with Gasteiger partial charge in [-0.1, -0.05) is 0 Å². The molecule has 1 aliphatic heterocycles. The Balaban J connectivity index is 1.64. The fourth-order valence-corrected chi connectivity index (χ4v) is 4.74. The molecule has 0 saturated carbocycles. The molecule has 2 amide bonds. The number of hydrogen-bond acceptors (Lipinski definition) is 6. The Morgan fingerprint density at radius 3 is 2.60 bits per heavy atom. The second-order valence-corrected chi connectivity index (χ2v) is 9.10. The summed E-state index contributed by atoms with van der Waals surface area (Å²) in [5.41, 5.74) is 8.44. The van der Waals surface area contributed by atoms with Crippen LogP contribution >= 0.6 is 0 Å². The van der Waals surface area contributed by atoms with Gasteiger partial charge in [-0.15, -0.1) is 0 Å². The molecule has 0 unspecified atom stereocenters. The number of halogens is 1. The van der Waals surface area contributed by atoms with Gasteiger partial charge in [0, 0.05) is 55.6 Å². The zero-order valence-electron chi connectivity index (χ0n) is 19.9. The summed E-state index contributed by atoms with van der Waals surface area (Å²) in [5, 5.41) is 8.55. The number of rotatable bonds is 3. The Morgan fingerprint density at radius 1 is 1.14 bits per heavy atom. The van der Waals surface area contributed by atoms with Gasteiger partial charge in [-0.2, -0.15) is 10.2 Å². The van der Waals surface area contributed by atoms with Crippen LogP contribution < -0.4 is 10.6 Å². The van der Waals surface area contributed by atoms with Gasteiger partial charge in [-0.05, 0) is 38.1 Å². The quantitative estimate of drug-likeness (QED) is 0.486. The molecule has 11 heteroatoms. The molecule has 0 atom stereocenters. The molecule has 35 heavy (non-hydrogen) atoms. The van der Waals surface area contributed by atoms with Crippen LogP contribution in [-0.2, 0) is 16.6 Å². The second kappa shape index (κ2) is 7.90. The topological polar surface area (TPSA) is 115 Å². The Labute approximate surface area is 200 Å². The van der Waals surface area contributed by atoms with Gasteiger partial charge in [0.15, 0.2) is 5.82 Å². The number of carbonyl (C=O) groups is 2. The minimum atomic E-state index is -1.02. The number of hydrogen-bond donors (Lipinski definition) is 1. The van der Waals surface area contributed by atoms with E-state index in [1.54, 1.807) is 64.3 Å². The van der Waals surface area contributed by atoms with Crippen molar-refractivity contribution >= 4 is 28.8 Å². The van der Waals surface area contributed by atoms with E-state index >= 15 is 4.39 Å². The van der Waals surface area contributed by atoms with Crippen molar-refractivity contribution in [1.82, 2.24) is 29.3 Å². The zero-order valence-corrected chi connectivity index (χ0v) is 19.9. The first-order valence-corrected chi connectivity index (χ1v) is 11.1. The molecular weight excluding hydrogens is 451 g/mol. The van der Waals surface area contributed by atoms with Crippen molar-refractivity contribution in [3.05, 3.63) is 48.8 Å². The van der Waals surface area contributed by atoms with Crippen LogP contribution in [0.5, 0.6) is 0 Å². The lowest BCUT2D eigenvalue weighted by atomic mass is 9.96. The number of amides is 2. The van der Waals surface area contributed by atoms with Crippen LogP contribution in [0.2, 0.25) is 0 Å². The lowest BCUT2D eigenvalue weighted by Gasteiger charge is -2.45. The lowest BCUT2D eigenvalue weighted by molar-refractivity contribution is -0.145. The van der Waals surface area contributed by atoms with Crippen molar-refractivity contribution in [2.45, 2.75) is 26.3 Å². The highest BCUT2D eigenvalue weighted by Gasteiger charge is 2.43. The Hall–Kier alpha value is -4.28. The summed E-state index contributed by atoms with van der Waals surface area (Å²) in [6.45, 7) is 5.56. The fraction of sp³-hybridized carbons (Fsp3) is 0.292. The standard InChI is InChI=1S/C24H25FN8O2/c1-14(34)32-8-7-31(23(35)24(32,2)3)16-5-6-19(25)18(9-16)20-10-17(15-11-28-30(4)12-15)21-22(26)27-13-29-33(20)21/h5-6,9-13H,7-8H2,1-4H3,(H2,26,27,29). The van der Waals surface area contributed by atoms with Crippen molar-refractivity contribution in [3.63, 3.8) is 0 Å². The van der Waals surface area contributed by atoms with E-state index in [1.807, 2.05) is 6.20 Å². The van der Waals surface area contributed by atoms with Gasteiger partial charge in [0.05, 0.1) is 11.9 Å². The average molecular weight is 477 g/mol. The van der Waals surface area contributed by atoms with Crippen LogP contribution in [0.4, 0.5) is 15.9 Å². The van der Waals surface area contributed by atoms with E-state index < -0.39 is 11.4 Å². The summed E-state index contributed by atoms with van der Waals surface area (Å²) in [5.74, 6) is -0.627. The van der Waals surface area contributed by atoms with E-state index in [0.717, 1.165) is 5.56 Å². The first kappa shape index (κ1) is 22.5. The molecule has 4 heterocycles. The molecule has 180 valence electrons. The fourth-order valence-electron chi connectivity index (χ4n) is 4.74. The third-order valence-corrected chi connectivity index (χ3v) is 6.51. The van der Waals surface area contributed by atoms with Crippen LogP contribution in [0.3, 0.4) is 0 Å². The number of aromatic nitrogens is 5. The highest BCUT2D eigenvalue weighted by atomic mass is 19.1. The molecule has 4 aromatic rings. The van der Waals surface area contributed by atoms with Crippen LogP contribution in [-0.4, -0.2) is 59.7 Å². The maximum atomic E-state index is 15.2. The molecule has 1 fully saturated rings. The van der Waals surface area contributed by atoms with Crippen molar-refractivity contribution in [1.29, 1.82) is 0 Å². The molecule has 0 radical (unpaired) electrons. The molecule has 1 aromatic carbocycles. The number of benzene rings is 1. The molecule has 0 bridgehead atoms. The average Bonchev–Trinajstić information content (AvgIpc) is 3.40.